The van der Waals surface area contributed by atoms with E-state index in [-0.39, 0.29) is 28.6 Å². The molecule has 0 radical (unpaired) electrons. The molecule has 148 valence electrons. The Labute approximate surface area is 169 Å². The number of amides is 2. The van der Waals surface area contributed by atoms with E-state index in [9.17, 15) is 18.0 Å². The van der Waals surface area contributed by atoms with E-state index in [2.05, 4.69) is 17.2 Å². The van der Waals surface area contributed by atoms with Crippen LogP contribution in [0, 0.1) is 0 Å². The normalized spacial score (nSPS) is 11.1. The van der Waals surface area contributed by atoms with Crippen molar-refractivity contribution in [3.05, 3.63) is 71.8 Å². The molecule has 2 N–H and O–H groups in total. The summed E-state index contributed by atoms with van der Waals surface area (Å²) in [4.78, 5) is 24.6. The van der Waals surface area contributed by atoms with Crippen molar-refractivity contribution in [2.75, 3.05) is 25.5 Å². The lowest BCUT2D eigenvalue weighted by Crippen LogP contribution is -2.35. The second kappa shape index (κ2) is 9.50. The first-order valence-electron chi connectivity index (χ1n) is 8.25. The molecule has 0 unspecified atom stereocenters. The van der Waals surface area contributed by atoms with Crippen molar-refractivity contribution in [2.45, 2.75) is 4.90 Å². The number of nitrogens with zero attached hydrogens (tertiary/aromatic N) is 1. The number of likely N-dealkylation sites (N-methyl/N-ethyl adjacent to an activating group) is 1. The molecule has 28 heavy (non-hydrogen) atoms. The fourth-order valence-corrected chi connectivity index (χ4v) is 3.57. The zero-order valence-corrected chi connectivity index (χ0v) is 16.8. The number of carbonyl (C=O) groups excluding carboxylic acids is 2. The van der Waals surface area contributed by atoms with Crippen LogP contribution in [-0.4, -0.2) is 44.7 Å². The molecular weight excluding hydrogens is 402 g/mol. The van der Waals surface area contributed by atoms with Crippen LogP contribution in [0.25, 0.3) is 0 Å². The van der Waals surface area contributed by atoms with Crippen LogP contribution in [0.3, 0.4) is 0 Å². The van der Waals surface area contributed by atoms with E-state index in [1.54, 1.807) is 24.3 Å². The number of sulfonamides is 1. The highest BCUT2D eigenvalue weighted by molar-refractivity contribution is 7.89. The lowest BCUT2D eigenvalue weighted by Gasteiger charge is -2.17. The minimum absolute atomic E-state index is 0.0244. The number of nitrogens with one attached hydrogen (secondary N) is 2. The molecule has 0 aliphatic carbocycles. The molecule has 0 bridgehead atoms. The summed E-state index contributed by atoms with van der Waals surface area (Å²) < 4.78 is 26.0. The van der Waals surface area contributed by atoms with E-state index in [1.165, 1.54) is 37.4 Å². The molecule has 2 amide bonds. The van der Waals surface area contributed by atoms with E-state index in [1.807, 2.05) is 0 Å². The van der Waals surface area contributed by atoms with Gasteiger partial charge in [-0.1, -0.05) is 29.8 Å². The van der Waals surface area contributed by atoms with Crippen LogP contribution in [0.1, 0.15) is 10.4 Å². The van der Waals surface area contributed by atoms with Gasteiger partial charge in [0.15, 0.2) is 0 Å². The van der Waals surface area contributed by atoms with Crippen LogP contribution < -0.4 is 10.6 Å². The number of benzene rings is 2. The Morgan fingerprint density at radius 3 is 2.43 bits per heavy atom. The van der Waals surface area contributed by atoms with Gasteiger partial charge in [-0.15, -0.1) is 6.58 Å². The predicted octanol–water partition coefficient (Wildman–Crippen LogP) is 2.52. The second-order valence-electron chi connectivity index (χ2n) is 5.81. The summed E-state index contributed by atoms with van der Waals surface area (Å²) in [7, 11) is -2.56. The van der Waals surface area contributed by atoms with Crippen molar-refractivity contribution in [3.8, 4) is 0 Å². The quantitative estimate of drug-likeness (QED) is 0.640. The van der Waals surface area contributed by atoms with Crippen LogP contribution in [0.5, 0.6) is 0 Å². The summed E-state index contributed by atoms with van der Waals surface area (Å²) in [5.74, 6) is -0.957. The molecule has 2 aromatic rings. The average Bonchev–Trinajstić information content (AvgIpc) is 2.66. The third-order valence-corrected chi connectivity index (χ3v) is 5.81. The summed E-state index contributed by atoms with van der Waals surface area (Å²) in [6.07, 6.45) is 1.54. The third kappa shape index (κ3) is 5.41. The predicted molar refractivity (Wildman–Crippen MR) is 109 cm³/mol. The molecule has 0 atom stereocenters. The fraction of sp³-hybridized carbons (Fsp3) is 0.158. The first-order chi connectivity index (χ1) is 13.3. The number of carbonyl (C=O) groups is 2. The largest absolute Gasteiger partial charge is 0.349 e. The maximum Gasteiger partial charge on any atom is 0.253 e. The van der Waals surface area contributed by atoms with Crippen LogP contribution in [0.15, 0.2) is 66.1 Å². The Morgan fingerprint density at radius 1 is 1.14 bits per heavy atom. The number of rotatable bonds is 8. The van der Waals surface area contributed by atoms with Crippen LogP contribution in [0.2, 0.25) is 5.02 Å². The van der Waals surface area contributed by atoms with Crippen molar-refractivity contribution in [2.24, 2.45) is 0 Å². The highest BCUT2D eigenvalue weighted by Gasteiger charge is 2.23. The molecule has 0 aliphatic heterocycles. The van der Waals surface area contributed by atoms with E-state index < -0.39 is 22.5 Å². The standard InChI is InChI=1S/C19H20ClN3O4S/c1-3-12-21-19(25)16-6-4-5-7-17(16)22-18(24)13-23(2)28(26,27)15-10-8-14(20)9-11-15/h3-11H,1,12-13H2,2H3,(H,21,25)(H,22,24). The molecule has 0 aromatic heterocycles. The van der Waals surface area contributed by atoms with E-state index >= 15 is 0 Å². The smallest absolute Gasteiger partial charge is 0.253 e. The van der Waals surface area contributed by atoms with Gasteiger partial charge in [-0.05, 0) is 36.4 Å². The van der Waals surface area contributed by atoms with Gasteiger partial charge in [-0.3, -0.25) is 9.59 Å². The Morgan fingerprint density at radius 2 is 1.79 bits per heavy atom. The summed E-state index contributed by atoms with van der Waals surface area (Å²) >= 11 is 5.78. The molecule has 0 saturated carbocycles. The molecule has 0 saturated heterocycles. The van der Waals surface area contributed by atoms with E-state index in [0.29, 0.717) is 5.02 Å². The van der Waals surface area contributed by atoms with E-state index in [4.69, 9.17) is 11.6 Å². The van der Waals surface area contributed by atoms with Gasteiger partial charge < -0.3 is 10.6 Å². The van der Waals surface area contributed by atoms with Gasteiger partial charge in [0.1, 0.15) is 0 Å². The van der Waals surface area contributed by atoms with Crippen molar-refractivity contribution in [1.82, 2.24) is 9.62 Å². The van der Waals surface area contributed by atoms with Crippen molar-refractivity contribution in [1.29, 1.82) is 0 Å². The van der Waals surface area contributed by atoms with Crippen molar-refractivity contribution >= 4 is 39.1 Å². The maximum absolute atomic E-state index is 12.6. The molecule has 7 nitrogen and oxygen atoms in total. The number of anilines is 1. The number of hydrogen-bond acceptors (Lipinski definition) is 4. The van der Waals surface area contributed by atoms with Crippen LogP contribution >= 0.6 is 11.6 Å². The van der Waals surface area contributed by atoms with Gasteiger partial charge in [0, 0.05) is 18.6 Å². The van der Waals surface area contributed by atoms with Crippen LogP contribution in [0.4, 0.5) is 5.69 Å². The van der Waals surface area contributed by atoms with Gasteiger partial charge in [0.05, 0.1) is 22.7 Å². The van der Waals surface area contributed by atoms with Gasteiger partial charge >= 0.3 is 0 Å². The fourth-order valence-electron chi connectivity index (χ4n) is 2.31. The molecule has 9 heteroatoms. The third-order valence-electron chi connectivity index (χ3n) is 3.74. The van der Waals surface area contributed by atoms with Crippen molar-refractivity contribution < 1.29 is 18.0 Å². The highest BCUT2D eigenvalue weighted by Crippen LogP contribution is 2.18. The minimum atomic E-state index is -3.86. The molecular formula is C19H20ClN3O4S. The lowest BCUT2D eigenvalue weighted by molar-refractivity contribution is -0.116. The topological polar surface area (TPSA) is 95.6 Å². The monoisotopic (exact) mass is 421 g/mol. The molecule has 0 fully saturated rings. The van der Waals surface area contributed by atoms with Gasteiger partial charge in [0.25, 0.3) is 5.91 Å². The number of para-hydroxylation sites is 1. The Hall–Kier alpha value is -2.68. The molecule has 2 rings (SSSR count). The average molecular weight is 422 g/mol. The minimum Gasteiger partial charge on any atom is -0.349 e. The summed E-state index contributed by atoms with van der Waals surface area (Å²) in [5.41, 5.74) is 0.548. The molecule has 0 aliphatic rings. The van der Waals surface area contributed by atoms with Gasteiger partial charge in [0.2, 0.25) is 15.9 Å². The first kappa shape index (κ1) is 21.6. The van der Waals surface area contributed by atoms with Gasteiger partial charge in [-0.25, -0.2) is 8.42 Å². The Bertz CT molecular complexity index is 975. The molecule has 0 heterocycles. The molecule has 0 spiro atoms. The number of hydrogen-bond donors (Lipinski definition) is 2. The Kier molecular flexibility index (Phi) is 7.33. The maximum atomic E-state index is 12.6. The highest BCUT2D eigenvalue weighted by atomic mass is 35.5. The summed E-state index contributed by atoms with van der Waals surface area (Å²) in [6.45, 7) is 3.39. The van der Waals surface area contributed by atoms with Gasteiger partial charge in [-0.2, -0.15) is 4.31 Å². The lowest BCUT2D eigenvalue weighted by atomic mass is 10.1. The number of halogens is 1. The Balaban J connectivity index is 2.11. The van der Waals surface area contributed by atoms with Crippen LogP contribution in [-0.2, 0) is 14.8 Å². The SMILES string of the molecule is C=CCNC(=O)c1ccccc1NC(=O)CN(C)S(=O)(=O)c1ccc(Cl)cc1. The summed E-state index contributed by atoms with van der Waals surface area (Å²) in [5, 5.41) is 5.61. The second-order valence-corrected chi connectivity index (χ2v) is 8.29. The van der Waals surface area contributed by atoms with E-state index in [0.717, 1.165) is 4.31 Å². The first-order valence-corrected chi connectivity index (χ1v) is 10.1. The zero-order chi connectivity index (χ0) is 20.7. The zero-order valence-electron chi connectivity index (χ0n) is 15.2. The molecule has 2 aromatic carbocycles. The van der Waals surface area contributed by atoms with Crippen molar-refractivity contribution in [3.63, 3.8) is 0 Å². The summed E-state index contributed by atoms with van der Waals surface area (Å²) in [6, 6.07) is 12.1.